The molecule has 5 nitrogen and oxygen atoms in total. The molecule has 0 aliphatic heterocycles. The van der Waals surface area contributed by atoms with Gasteiger partial charge in [-0.3, -0.25) is 0 Å². The third-order valence-electron chi connectivity index (χ3n) is 2.93. The van der Waals surface area contributed by atoms with E-state index in [1.807, 2.05) is 20.2 Å². The number of carbonyl (C=O) groups is 1. The Morgan fingerprint density at radius 2 is 2.19 bits per heavy atom. The maximum Gasteiger partial charge on any atom is 0.357 e. The van der Waals surface area contributed by atoms with Crippen LogP contribution in [0.25, 0.3) is 0 Å². The Kier molecular flexibility index (Phi) is 4.80. The number of hydrogen-bond donors (Lipinski definition) is 1. The first kappa shape index (κ1) is 15.3. The number of carbonyl (C=O) groups excluding carboxylic acids is 1. The highest BCUT2D eigenvalue weighted by molar-refractivity contribution is 7.14. The molecule has 6 heteroatoms. The first-order chi connectivity index (χ1) is 10.0. The van der Waals surface area contributed by atoms with Crippen molar-refractivity contribution in [3.63, 3.8) is 0 Å². The van der Waals surface area contributed by atoms with Gasteiger partial charge in [0, 0.05) is 30.9 Å². The molecule has 0 saturated carbocycles. The number of benzene rings is 1. The molecule has 0 atom stereocenters. The highest BCUT2D eigenvalue weighted by atomic mass is 32.1. The van der Waals surface area contributed by atoms with E-state index in [0.717, 1.165) is 11.4 Å². The lowest BCUT2D eigenvalue weighted by molar-refractivity contribution is 0.0520. The minimum Gasteiger partial charge on any atom is -0.461 e. The van der Waals surface area contributed by atoms with Gasteiger partial charge in [0.05, 0.1) is 6.61 Å². The van der Waals surface area contributed by atoms with Crippen LogP contribution in [0.15, 0.2) is 23.6 Å². The van der Waals surface area contributed by atoms with Crippen LogP contribution >= 0.6 is 11.3 Å². The molecule has 1 heterocycles. The smallest absolute Gasteiger partial charge is 0.357 e. The van der Waals surface area contributed by atoms with Crippen molar-refractivity contribution in [2.45, 2.75) is 13.8 Å². The molecule has 1 aromatic carbocycles. The first-order valence-electron chi connectivity index (χ1n) is 6.69. The standard InChI is InChI=1S/C15H19N3O2S/c1-5-20-14(19)12-9-21-15(17-12)16-11-7-6-10(2)13(8-11)18(3)4/h6-9H,5H2,1-4H3,(H,16,17). The average molecular weight is 305 g/mol. The Hall–Kier alpha value is -2.08. The number of ether oxygens (including phenoxy) is 1. The Morgan fingerprint density at radius 1 is 1.43 bits per heavy atom. The normalized spacial score (nSPS) is 10.3. The molecule has 0 spiro atoms. The molecule has 0 saturated heterocycles. The Balaban J connectivity index is 2.15. The largest absolute Gasteiger partial charge is 0.461 e. The summed E-state index contributed by atoms with van der Waals surface area (Å²) in [6.07, 6.45) is 0. The topological polar surface area (TPSA) is 54.5 Å². The van der Waals surface area contributed by atoms with Crippen LogP contribution in [0, 0.1) is 6.92 Å². The zero-order chi connectivity index (χ0) is 15.4. The second-order valence-corrected chi connectivity index (χ2v) is 5.64. The summed E-state index contributed by atoms with van der Waals surface area (Å²) in [5.41, 5.74) is 3.62. The van der Waals surface area contributed by atoms with E-state index in [1.54, 1.807) is 12.3 Å². The Morgan fingerprint density at radius 3 is 2.86 bits per heavy atom. The molecule has 112 valence electrons. The molecule has 0 amide bonds. The van der Waals surface area contributed by atoms with E-state index in [9.17, 15) is 4.79 Å². The number of nitrogens with zero attached hydrogens (tertiary/aromatic N) is 2. The van der Waals surface area contributed by atoms with Crippen molar-refractivity contribution in [2.75, 3.05) is 30.9 Å². The fraction of sp³-hybridized carbons (Fsp3) is 0.333. The van der Waals surface area contributed by atoms with Gasteiger partial charge in [0.1, 0.15) is 0 Å². The summed E-state index contributed by atoms with van der Waals surface area (Å²) in [5.74, 6) is -0.389. The fourth-order valence-electron chi connectivity index (χ4n) is 1.92. The van der Waals surface area contributed by atoms with E-state index in [0.29, 0.717) is 17.4 Å². The van der Waals surface area contributed by atoms with Gasteiger partial charge in [0.2, 0.25) is 0 Å². The number of anilines is 3. The van der Waals surface area contributed by atoms with Crippen LogP contribution in [-0.2, 0) is 4.74 Å². The molecule has 1 aromatic heterocycles. The Bertz CT molecular complexity index is 638. The second-order valence-electron chi connectivity index (χ2n) is 4.78. The average Bonchev–Trinajstić information content (AvgIpc) is 2.89. The molecule has 0 aliphatic carbocycles. The number of aromatic nitrogens is 1. The number of rotatable bonds is 5. The predicted octanol–water partition coefficient (Wildman–Crippen LogP) is 3.44. The van der Waals surface area contributed by atoms with Crippen molar-refractivity contribution in [2.24, 2.45) is 0 Å². The van der Waals surface area contributed by atoms with Gasteiger partial charge in [0.25, 0.3) is 0 Å². The summed E-state index contributed by atoms with van der Waals surface area (Å²) in [7, 11) is 4.02. The van der Waals surface area contributed by atoms with Gasteiger partial charge < -0.3 is 15.0 Å². The highest BCUT2D eigenvalue weighted by Gasteiger charge is 2.12. The minimum absolute atomic E-state index is 0.337. The highest BCUT2D eigenvalue weighted by Crippen LogP contribution is 2.26. The number of nitrogens with one attached hydrogen (secondary N) is 1. The van der Waals surface area contributed by atoms with E-state index in [1.165, 1.54) is 16.9 Å². The first-order valence-corrected chi connectivity index (χ1v) is 7.57. The molecule has 21 heavy (non-hydrogen) atoms. The third kappa shape index (κ3) is 3.72. The van der Waals surface area contributed by atoms with E-state index < -0.39 is 0 Å². The van der Waals surface area contributed by atoms with Crippen molar-refractivity contribution < 1.29 is 9.53 Å². The second kappa shape index (κ2) is 6.58. The van der Waals surface area contributed by atoms with Gasteiger partial charge in [-0.1, -0.05) is 6.07 Å². The van der Waals surface area contributed by atoms with E-state index in [4.69, 9.17) is 4.74 Å². The molecule has 0 fully saturated rings. The summed E-state index contributed by atoms with van der Waals surface area (Å²) in [5, 5.41) is 5.59. The van der Waals surface area contributed by atoms with Crippen molar-refractivity contribution in [3.8, 4) is 0 Å². The van der Waals surface area contributed by atoms with Gasteiger partial charge in [-0.15, -0.1) is 11.3 Å². The SMILES string of the molecule is CCOC(=O)c1csc(Nc2ccc(C)c(N(C)C)c2)n1. The molecular weight excluding hydrogens is 286 g/mol. The van der Waals surface area contributed by atoms with Gasteiger partial charge in [-0.25, -0.2) is 9.78 Å². The number of aryl methyl sites for hydroxylation is 1. The lowest BCUT2D eigenvalue weighted by atomic mass is 10.1. The molecule has 2 rings (SSSR count). The lowest BCUT2D eigenvalue weighted by Crippen LogP contribution is -2.10. The van der Waals surface area contributed by atoms with Crippen LogP contribution in [0.1, 0.15) is 23.0 Å². The summed E-state index contributed by atoms with van der Waals surface area (Å²) in [6.45, 7) is 4.20. The van der Waals surface area contributed by atoms with Crippen LogP contribution in [-0.4, -0.2) is 31.7 Å². The Labute approximate surface area is 128 Å². The zero-order valence-corrected chi connectivity index (χ0v) is 13.5. The summed E-state index contributed by atoms with van der Waals surface area (Å²) >= 11 is 1.38. The predicted molar refractivity (Wildman–Crippen MR) is 86.9 cm³/mol. The van der Waals surface area contributed by atoms with Gasteiger partial charge in [0.15, 0.2) is 10.8 Å². The maximum atomic E-state index is 11.6. The summed E-state index contributed by atoms with van der Waals surface area (Å²) in [4.78, 5) is 17.9. The number of thiazole rings is 1. The van der Waals surface area contributed by atoms with Crippen LogP contribution in [0.5, 0.6) is 0 Å². The third-order valence-corrected chi connectivity index (χ3v) is 3.69. The van der Waals surface area contributed by atoms with Crippen molar-refractivity contribution >= 4 is 33.8 Å². The van der Waals surface area contributed by atoms with Crippen molar-refractivity contribution in [1.29, 1.82) is 0 Å². The summed E-state index contributed by atoms with van der Waals surface area (Å²) < 4.78 is 4.93. The number of esters is 1. The van der Waals surface area contributed by atoms with Crippen LogP contribution < -0.4 is 10.2 Å². The minimum atomic E-state index is -0.389. The van der Waals surface area contributed by atoms with Gasteiger partial charge >= 0.3 is 5.97 Å². The van der Waals surface area contributed by atoms with Gasteiger partial charge in [-0.2, -0.15) is 0 Å². The fourth-order valence-corrected chi connectivity index (χ4v) is 2.62. The lowest BCUT2D eigenvalue weighted by Gasteiger charge is -2.17. The molecule has 0 unspecified atom stereocenters. The quantitative estimate of drug-likeness (QED) is 0.858. The van der Waals surface area contributed by atoms with Crippen LogP contribution in [0.4, 0.5) is 16.5 Å². The number of hydrogen-bond acceptors (Lipinski definition) is 6. The molecule has 0 bridgehead atoms. The maximum absolute atomic E-state index is 11.6. The molecule has 0 aliphatic rings. The van der Waals surface area contributed by atoms with Crippen molar-refractivity contribution in [3.05, 3.63) is 34.8 Å². The molecule has 2 aromatic rings. The van der Waals surface area contributed by atoms with E-state index in [-0.39, 0.29) is 5.97 Å². The van der Waals surface area contributed by atoms with Crippen LogP contribution in [0.2, 0.25) is 0 Å². The van der Waals surface area contributed by atoms with E-state index >= 15 is 0 Å². The summed E-state index contributed by atoms with van der Waals surface area (Å²) in [6, 6.07) is 6.10. The van der Waals surface area contributed by atoms with E-state index in [2.05, 4.69) is 34.3 Å². The monoisotopic (exact) mass is 305 g/mol. The molecular formula is C15H19N3O2S. The zero-order valence-electron chi connectivity index (χ0n) is 12.6. The van der Waals surface area contributed by atoms with Crippen molar-refractivity contribution in [1.82, 2.24) is 4.98 Å². The van der Waals surface area contributed by atoms with Gasteiger partial charge in [-0.05, 0) is 31.5 Å². The molecule has 0 radical (unpaired) electrons. The van der Waals surface area contributed by atoms with Crippen LogP contribution in [0.3, 0.4) is 0 Å². The molecule has 1 N–H and O–H groups in total.